The van der Waals surface area contributed by atoms with Crippen molar-refractivity contribution in [1.82, 2.24) is 10.1 Å². The maximum atomic E-state index is 12.1. The second kappa shape index (κ2) is 5.71. The van der Waals surface area contributed by atoms with Gasteiger partial charge in [-0.15, -0.1) is 0 Å². The van der Waals surface area contributed by atoms with Crippen LogP contribution in [0, 0.1) is 0 Å². The molecule has 2 aromatic heterocycles. The lowest BCUT2D eigenvalue weighted by atomic mass is 10.2. The van der Waals surface area contributed by atoms with Crippen molar-refractivity contribution >= 4 is 44.3 Å². The number of hydrogen-bond acceptors (Lipinski definition) is 7. The Morgan fingerprint density at radius 1 is 1.36 bits per heavy atom. The summed E-state index contributed by atoms with van der Waals surface area (Å²) in [7, 11) is 0. The number of rotatable bonds is 4. The smallest absolute Gasteiger partial charge is 0.360 e. The molecule has 2 fully saturated rings. The number of halogens is 1. The number of esters is 1. The highest BCUT2D eigenvalue weighted by Gasteiger charge is 2.34. The Hall–Kier alpha value is -2.12. The van der Waals surface area contributed by atoms with Crippen molar-refractivity contribution in [2.75, 3.05) is 18.0 Å². The van der Waals surface area contributed by atoms with Gasteiger partial charge in [-0.2, -0.15) is 0 Å². The highest BCUT2D eigenvalue weighted by atomic mass is 35.5. The molecule has 1 aliphatic carbocycles. The van der Waals surface area contributed by atoms with Crippen molar-refractivity contribution in [2.45, 2.75) is 24.9 Å². The van der Waals surface area contributed by atoms with Crippen molar-refractivity contribution < 1.29 is 14.1 Å². The molecular formula is C17H14ClN3O3S. The summed E-state index contributed by atoms with van der Waals surface area (Å²) in [5, 5.41) is 5.37. The van der Waals surface area contributed by atoms with Crippen molar-refractivity contribution in [1.29, 1.82) is 0 Å². The van der Waals surface area contributed by atoms with Crippen LogP contribution in [0.15, 0.2) is 28.8 Å². The van der Waals surface area contributed by atoms with Crippen molar-refractivity contribution in [3.8, 4) is 0 Å². The molecule has 3 heterocycles. The first-order valence-electron chi connectivity index (χ1n) is 8.15. The maximum Gasteiger partial charge on any atom is 0.360 e. The number of carbonyl (C=O) groups excluding carboxylic acids is 1. The quantitative estimate of drug-likeness (QED) is 0.645. The summed E-state index contributed by atoms with van der Waals surface area (Å²) in [5.74, 6) is 0.792. The molecule has 0 amide bonds. The average molecular weight is 376 g/mol. The lowest BCUT2D eigenvalue weighted by molar-refractivity contribution is 0.0223. The zero-order valence-corrected chi connectivity index (χ0v) is 14.7. The van der Waals surface area contributed by atoms with Crippen molar-refractivity contribution in [2.24, 2.45) is 0 Å². The van der Waals surface area contributed by atoms with Gasteiger partial charge in [-0.3, -0.25) is 0 Å². The molecular weight excluding hydrogens is 362 g/mol. The Labute approximate surface area is 152 Å². The van der Waals surface area contributed by atoms with E-state index in [0.29, 0.717) is 24.0 Å². The van der Waals surface area contributed by atoms with Gasteiger partial charge in [0.25, 0.3) is 0 Å². The van der Waals surface area contributed by atoms with E-state index in [1.807, 2.05) is 18.2 Å². The first-order chi connectivity index (χ1) is 12.2. The van der Waals surface area contributed by atoms with E-state index in [1.54, 1.807) is 17.4 Å². The number of aromatic nitrogens is 2. The van der Waals surface area contributed by atoms with E-state index in [0.717, 1.165) is 34.0 Å². The number of fused-ring (bicyclic) bond motifs is 1. The maximum absolute atomic E-state index is 12.1. The molecule has 1 aromatic carbocycles. The summed E-state index contributed by atoms with van der Waals surface area (Å²) in [6.45, 7) is 1.24. The molecule has 0 atom stereocenters. The first kappa shape index (κ1) is 15.2. The number of benzene rings is 1. The fourth-order valence-corrected chi connectivity index (χ4v) is 4.15. The summed E-state index contributed by atoms with van der Waals surface area (Å²) >= 11 is 7.76. The molecule has 8 heteroatoms. The fourth-order valence-electron chi connectivity index (χ4n) is 2.86. The third-order valence-corrected chi connectivity index (χ3v) is 5.85. The van der Waals surface area contributed by atoms with Crippen LogP contribution in [0.4, 0.5) is 5.13 Å². The Morgan fingerprint density at radius 3 is 2.96 bits per heavy atom. The van der Waals surface area contributed by atoms with E-state index in [4.69, 9.17) is 20.9 Å². The minimum atomic E-state index is -0.423. The summed E-state index contributed by atoms with van der Waals surface area (Å²) in [5.41, 5.74) is 1.08. The van der Waals surface area contributed by atoms with Gasteiger partial charge in [-0.05, 0) is 25.0 Å². The molecule has 6 nitrogen and oxygen atoms in total. The molecule has 0 N–H and O–H groups in total. The van der Waals surface area contributed by atoms with Crippen LogP contribution in [0.5, 0.6) is 0 Å². The van der Waals surface area contributed by atoms with Gasteiger partial charge in [0.2, 0.25) is 0 Å². The molecule has 0 radical (unpaired) electrons. The van der Waals surface area contributed by atoms with E-state index in [-0.39, 0.29) is 11.8 Å². The largest absolute Gasteiger partial charge is 0.454 e. The van der Waals surface area contributed by atoms with E-state index in [9.17, 15) is 4.79 Å². The van der Waals surface area contributed by atoms with Gasteiger partial charge in [0.15, 0.2) is 10.8 Å². The van der Waals surface area contributed by atoms with Crippen molar-refractivity contribution in [3.05, 3.63) is 40.7 Å². The number of para-hydroxylation sites is 1. The molecule has 3 aromatic rings. The van der Waals surface area contributed by atoms with Crippen LogP contribution in [-0.4, -0.2) is 35.3 Å². The molecule has 0 spiro atoms. The van der Waals surface area contributed by atoms with Crippen LogP contribution in [0.2, 0.25) is 5.02 Å². The molecule has 128 valence electrons. The number of ether oxygens (including phenoxy) is 1. The van der Waals surface area contributed by atoms with Gasteiger partial charge in [-0.25, -0.2) is 9.78 Å². The zero-order chi connectivity index (χ0) is 17.0. The molecule has 0 bridgehead atoms. The highest BCUT2D eigenvalue weighted by Crippen LogP contribution is 2.40. The average Bonchev–Trinajstić information content (AvgIpc) is 3.13. The van der Waals surface area contributed by atoms with Crippen LogP contribution >= 0.6 is 22.9 Å². The van der Waals surface area contributed by atoms with Gasteiger partial charge in [0.1, 0.15) is 17.4 Å². The van der Waals surface area contributed by atoms with Gasteiger partial charge >= 0.3 is 5.97 Å². The number of anilines is 1. The second-order valence-corrected chi connectivity index (χ2v) is 7.82. The summed E-state index contributed by atoms with van der Waals surface area (Å²) in [6, 6.07) is 7.46. The van der Waals surface area contributed by atoms with Crippen molar-refractivity contribution in [3.63, 3.8) is 0 Å². The van der Waals surface area contributed by atoms with Gasteiger partial charge in [-0.1, -0.05) is 34.2 Å². The molecule has 1 saturated heterocycles. The molecule has 1 aliphatic heterocycles. The van der Waals surface area contributed by atoms with Crippen LogP contribution in [0.3, 0.4) is 0 Å². The van der Waals surface area contributed by atoms with E-state index in [2.05, 4.69) is 15.0 Å². The third kappa shape index (κ3) is 2.77. The minimum absolute atomic E-state index is 0.156. The fraction of sp³-hybridized carbons (Fsp3) is 0.353. The topological polar surface area (TPSA) is 68.5 Å². The summed E-state index contributed by atoms with van der Waals surface area (Å²) < 4.78 is 11.7. The van der Waals surface area contributed by atoms with Crippen LogP contribution in [0.1, 0.15) is 35.0 Å². The lowest BCUT2D eigenvalue weighted by Gasteiger charge is -2.37. The SMILES string of the molecule is O=C(OC1CN(c2nc3c(Cl)cccc3s2)C1)c1cc(C2CC2)on1. The summed E-state index contributed by atoms with van der Waals surface area (Å²) in [6.07, 6.45) is 2.05. The molecule has 2 aliphatic rings. The van der Waals surface area contributed by atoms with E-state index >= 15 is 0 Å². The molecule has 25 heavy (non-hydrogen) atoms. The monoisotopic (exact) mass is 375 g/mol. The standard InChI is InChI=1S/C17H14ClN3O3S/c18-11-2-1-3-14-15(11)19-17(25-14)21-7-10(8-21)23-16(22)12-6-13(24-20-12)9-4-5-9/h1-3,6,9-10H,4-5,7-8H2. The first-order valence-corrected chi connectivity index (χ1v) is 9.34. The Bertz CT molecular complexity index is 959. The minimum Gasteiger partial charge on any atom is -0.454 e. The predicted molar refractivity (Wildman–Crippen MR) is 94.5 cm³/mol. The third-order valence-electron chi connectivity index (χ3n) is 4.47. The van der Waals surface area contributed by atoms with Gasteiger partial charge < -0.3 is 14.2 Å². The molecule has 5 rings (SSSR count). The Kier molecular flexibility index (Phi) is 3.46. The van der Waals surface area contributed by atoms with E-state index < -0.39 is 5.97 Å². The normalized spacial score (nSPS) is 17.7. The highest BCUT2D eigenvalue weighted by molar-refractivity contribution is 7.22. The number of hydrogen-bond donors (Lipinski definition) is 0. The number of carbonyl (C=O) groups is 1. The Morgan fingerprint density at radius 2 is 2.20 bits per heavy atom. The van der Waals surface area contributed by atoms with Crippen LogP contribution in [-0.2, 0) is 4.74 Å². The zero-order valence-electron chi connectivity index (χ0n) is 13.1. The van der Waals surface area contributed by atoms with Crippen LogP contribution < -0.4 is 4.90 Å². The number of nitrogens with zero attached hydrogens (tertiary/aromatic N) is 3. The van der Waals surface area contributed by atoms with Gasteiger partial charge in [0, 0.05) is 12.0 Å². The lowest BCUT2D eigenvalue weighted by Crippen LogP contribution is -2.53. The summed E-state index contributed by atoms with van der Waals surface area (Å²) in [4.78, 5) is 18.8. The Balaban J connectivity index is 1.22. The molecule has 0 unspecified atom stereocenters. The van der Waals surface area contributed by atoms with Crippen LogP contribution in [0.25, 0.3) is 10.2 Å². The second-order valence-electron chi connectivity index (χ2n) is 6.40. The van der Waals surface area contributed by atoms with Gasteiger partial charge in [0.05, 0.1) is 22.8 Å². The number of thiazole rings is 1. The predicted octanol–water partition coefficient (Wildman–Crippen LogP) is 3.86. The molecule has 1 saturated carbocycles. The van der Waals surface area contributed by atoms with E-state index in [1.165, 1.54) is 0 Å².